The van der Waals surface area contributed by atoms with Gasteiger partial charge in [0.25, 0.3) is 0 Å². The Hall–Kier alpha value is -0.220. The van der Waals surface area contributed by atoms with Gasteiger partial charge in [0.2, 0.25) is 5.91 Å². The van der Waals surface area contributed by atoms with Crippen LogP contribution in [-0.4, -0.2) is 31.1 Å². The zero-order chi connectivity index (χ0) is 7.40. The molecule has 0 saturated carbocycles. The highest BCUT2D eigenvalue weighted by Gasteiger charge is 2.23. The average Bonchev–Trinajstić information content (AvgIpc) is 1.79. The number of amides is 1. The SMILES string of the molecule is CSCNC(=O)C1CNC1. The van der Waals surface area contributed by atoms with E-state index in [2.05, 4.69) is 10.6 Å². The number of hydrogen-bond acceptors (Lipinski definition) is 3. The van der Waals surface area contributed by atoms with Gasteiger partial charge < -0.3 is 10.6 Å². The fourth-order valence-corrected chi connectivity index (χ4v) is 1.05. The maximum absolute atomic E-state index is 11.0. The van der Waals surface area contributed by atoms with Crippen LogP contribution in [0.4, 0.5) is 0 Å². The smallest absolute Gasteiger partial charge is 0.226 e. The Morgan fingerprint density at radius 3 is 2.90 bits per heavy atom. The van der Waals surface area contributed by atoms with Gasteiger partial charge in [0.05, 0.1) is 11.8 Å². The average molecular weight is 160 g/mol. The molecule has 4 heteroatoms. The predicted octanol–water partition coefficient (Wildman–Crippen LogP) is -0.357. The van der Waals surface area contributed by atoms with Gasteiger partial charge in [-0.2, -0.15) is 0 Å². The van der Waals surface area contributed by atoms with E-state index in [4.69, 9.17) is 0 Å². The number of carbonyl (C=O) groups excluding carboxylic acids is 1. The van der Waals surface area contributed by atoms with Crippen LogP contribution in [0.15, 0.2) is 0 Å². The molecule has 0 radical (unpaired) electrons. The molecule has 0 aromatic heterocycles. The molecule has 0 bridgehead atoms. The van der Waals surface area contributed by atoms with Gasteiger partial charge in [-0.15, -0.1) is 11.8 Å². The molecule has 1 fully saturated rings. The normalized spacial score (nSPS) is 18.1. The van der Waals surface area contributed by atoms with Gasteiger partial charge in [0.15, 0.2) is 0 Å². The number of thioether (sulfide) groups is 1. The predicted molar refractivity (Wildman–Crippen MR) is 42.9 cm³/mol. The van der Waals surface area contributed by atoms with Crippen molar-refractivity contribution in [2.45, 2.75) is 0 Å². The Balaban J connectivity index is 2.08. The Morgan fingerprint density at radius 1 is 1.80 bits per heavy atom. The van der Waals surface area contributed by atoms with Crippen LogP contribution >= 0.6 is 11.8 Å². The fourth-order valence-electron chi connectivity index (χ4n) is 0.762. The number of nitrogens with one attached hydrogen (secondary N) is 2. The number of hydrogen-bond donors (Lipinski definition) is 2. The van der Waals surface area contributed by atoms with E-state index >= 15 is 0 Å². The summed E-state index contributed by atoms with van der Waals surface area (Å²) < 4.78 is 0. The van der Waals surface area contributed by atoms with E-state index in [0.29, 0.717) is 0 Å². The lowest BCUT2D eigenvalue weighted by Gasteiger charge is -2.25. The Kier molecular flexibility index (Phi) is 3.02. The highest BCUT2D eigenvalue weighted by molar-refractivity contribution is 7.98. The van der Waals surface area contributed by atoms with Crippen molar-refractivity contribution in [1.82, 2.24) is 10.6 Å². The van der Waals surface area contributed by atoms with E-state index < -0.39 is 0 Å². The summed E-state index contributed by atoms with van der Waals surface area (Å²) in [6.45, 7) is 1.69. The molecule has 1 aliphatic rings. The Bertz CT molecular complexity index is 125. The lowest BCUT2D eigenvalue weighted by Crippen LogP contribution is -2.50. The van der Waals surface area contributed by atoms with Crippen molar-refractivity contribution < 1.29 is 4.79 Å². The second kappa shape index (κ2) is 3.83. The summed E-state index contributed by atoms with van der Waals surface area (Å²) in [6.07, 6.45) is 1.97. The molecule has 1 heterocycles. The van der Waals surface area contributed by atoms with Crippen molar-refractivity contribution in [3.8, 4) is 0 Å². The minimum atomic E-state index is 0.188. The molecule has 0 aromatic carbocycles. The third-order valence-electron chi connectivity index (χ3n) is 1.54. The van der Waals surface area contributed by atoms with Gasteiger partial charge >= 0.3 is 0 Å². The Labute approximate surface area is 64.9 Å². The van der Waals surface area contributed by atoms with Gasteiger partial charge in [-0.1, -0.05) is 0 Å². The first-order valence-electron chi connectivity index (χ1n) is 3.32. The molecule has 1 rings (SSSR count). The molecule has 3 nitrogen and oxygen atoms in total. The molecule has 0 spiro atoms. The summed E-state index contributed by atoms with van der Waals surface area (Å²) in [5.41, 5.74) is 0. The van der Waals surface area contributed by atoms with E-state index in [1.807, 2.05) is 6.26 Å². The summed E-state index contributed by atoms with van der Waals surface area (Å²) >= 11 is 1.63. The van der Waals surface area contributed by atoms with Crippen LogP contribution in [0.2, 0.25) is 0 Å². The number of carbonyl (C=O) groups is 1. The summed E-state index contributed by atoms with van der Waals surface area (Å²) in [4.78, 5) is 11.0. The fraction of sp³-hybridized carbons (Fsp3) is 0.833. The first-order chi connectivity index (χ1) is 4.84. The molecule has 0 unspecified atom stereocenters. The summed E-state index contributed by atoms with van der Waals surface area (Å²) in [5, 5.41) is 5.87. The van der Waals surface area contributed by atoms with Crippen LogP contribution < -0.4 is 10.6 Å². The first kappa shape index (κ1) is 7.88. The van der Waals surface area contributed by atoms with Crippen LogP contribution in [-0.2, 0) is 4.79 Å². The van der Waals surface area contributed by atoms with E-state index in [1.165, 1.54) is 0 Å². The first-order valence-corrected chi connectivity index (χ1v) is 4.71. The zero-order valence-electron chi connectivity index (χ0n) is 6.02. The van der Waals surface area contributed by atoms with Crippen LogP contribution in [0.1, 0.15) is 0 Å². The number of rotatable bonds is 3. The third kappa shape index (κ3) is 1.88. The van der Waals surface area contributed by atoms with Crippen molar-refractivity contribution in [2.75, 3.05) is 25.2 Å². The second-order valence-electron chi connectivity index (χ2n) is 2.33. The van der Waals surface area contributed by atoms with E-state index in [0.717, 1.165) is 19.0 Å². The molecule has 1 amide bonds. The quantitative estimate of drug-likeness (QED) is 0.554. The molecule has 1 aliphatic heterocycles. The summed E-state index contributed by atoms with van der Waals surface area (Å²) in [7, 11) is 0. The maximum Gasteiger partial charge on any atom is 0.226 e. The molecule has 58 valence electrons. The van der Waals surface area contributed by atoms with E-state index in [9.17, 15) is 4.79 Å². The lowest BCUT2D eigenvalue weighted by molar-refractivity contribution is -0.125. The molecule has 0 aliphatic carbocycles. The van der Waals surface area contributed by atoms with Gasteiger partial charge in [0.1, 0.15) is 0 Å². The van der Waals surface area contributed by atoms with Crippen LogP contribution in [0.3, 0.4) is 0 Å². The van der Waals surface area contributed by atoms with E-state index in [-0.39, 0.29) is 11.8 Å². The third-order valence-corrected chi connectivity index (χ3v) is 1.98. The second-order valence-corrected chi connectivity index (χ2v) is 3.20. The topological polar surface area (TPSA) is 41.1 Å². The molecule has 1 saturated heterocycles. The zero-order valence-corrected chi connectivity index (χ0v) is 6.83. The lowest BCUT2D eigenvalue weighted by atomic mass is 10.0. The van der Waals surface area contributed by atoms with Crippen molar-refractivity contribution in [3.63, 3.8) is 0 Å². The Morgan fingerprint density at radius 2 is 2.50 bits per heavy atom. The van der Waals surface area contributed by atoms with Gasteiger partial charge in [0, 0.05) is 13.1 Å². The van der Waals surface area contributed by atoms with Crippen molar-refractivity contribution in [1.29, 1.82) is 0 Å². The monoisotopic (exact) mass is 160 g/mol. The van der Waals surface area contributed by atoms with Crippen molar-refractivity contribution in [3.05, 3.63) is 0 Å². The standard InChI is InChI=1S/C6H12N2OS/c1-10-4-8-6(9)5-2-7-3-5/h5,7H,2-4H2,1H3,(H,8,9). The molecule has 10 heavy (non-hydrogen) atoms. The van der Waals surface area contributed by atoms with Crippen LogP contribution in [0.25, 0.3) is 0 Å². The van der Waals surface area contributed by atoms with Crippen LogP contribution in [0, 0.1) is 5.92 Å². The van der Waals surface area contributed by atoms with Crippen molar-refractivity contribution >= 4 is 17.7 Å². The largest absolute Gasteiger partial charge is 0.347 e. The molecule has 2 N–H and O–H groups in total. The molecular weight excluding hydrogens is 148 g/mol. The van der Waals surface area contributed by atoms with Gasteiger partial charge in [-0.3, -0.25) is 4.79 Å². The summed E-state index contributed by atoms with van der Waals surface area (Å²) in [6, 6.07) is 0. The van der Waals surface area contributed by atoms with Gasteiger partial charge in [-0.05, 0) is 6.26 Å². The van der Waals surface area contributed by atoms with E-state index in [1.54, 1.807) is 11.8 Å². The van der Waals surface area contributed by atoms with Crippen molar-refractivity contribution in [2.24, 2.45) is 5.92 Å². The molecular formula is C6H12N2OS. The van der Waals surface area contributed by atoms with Crippen LogP contribution in [0.5, 0.6) is 0 Å². The highest BCUT2D eigenvalue weighted by Crippen LogP contribution is 2.02. The molecule has 0 atom stereocenters. The highest BCUT2D eigenvalue weighted by atomic mass is 32.2. The summed E-state index contributed by atoms with van der Waals surface area (Å²) in [5.74, 6) is 1.15. The maximum atomic E-state index is 11.0. The minimum Gasteiger partial charge on any atom is -0.347 e. The molecule has 0 aromatic rings. The minimum absolute atomic E-state index is 0.188. The van der Waals surface area contributed by atoms with Gasteiger partial charge in [-0.25, -0.2) is 0 Å².